The molecule has 0 aliphatic carbocycles. The van der Waals surface area contributed by atoms with Gasteiger partial charge in [0.1, 0.15) is 0 Å². The van der Waals surface area contributed by atoms with Crippen molar-refractivity contribution in [3.05, 3.63) is 35.0 Å². The van der Waals surface area contributed by atoms with E-state index in [1.165, 1.54) is 0 Å². The van der Waals surface area contributed by atoms with Crippen LogP contribution in [-0.2, 0) is 16.1 Å². The number of aromatic amines is 1. The molecule has 21 heavy (non-hydrogen) atoms. The first-order valence-corrected chi connectivity index (χ1v) is 7.45. The highest BCUT2D eigenvalue weighted by Crippen LogP contribution is 2.20. The normalized spacial score (nSPS) is 18.8. The third-order valence-electron chi connectivity index (χ3n) is 3.53. The molecule has 1 saturated heterocycles. The highest BCUT2D eigenvalue weighted by Gasteiger charge is 2.17. The van der Waals surface area contributed by atoms with Gasteiger partial charge in [-0.05, 0) is 24.3 Å². The molecule has 2 aromatic rings. The monoisotopic (exact) mass is 307 g/mol. The van der Waals surface area contributed by atoms with Crippen LogP contribution in [0.4, 0.5) is 0 Å². The van der Waals surface area contributed by atoms with Gasteiger partial charge in [0, 0.05) is 34.7 Å². The van der Waals surface area contributed by atoms with Gasteiger partial charge in [-0.3, -0.25) is 4.79 Å². The largest absolute Gasteiger partial charge is 0.375 e. The smallest absolute Gasteiger partial charge is 0.222 e. The Morgan fingerprint density at radius 1 is 1.43 bits per heavy atom. The number of benzene rings is 1. The number of H-pyrrole nitrogens is 1. The van der Waals surface area contributed by atoms with Crippen LogP contribution in [0.5, 0.6) is 0 Å². The molecule has 1 aliphatic heterocycles. The second-order valence-electron chi connectivity index (χ2n) is 5.20. The average molecular weight is 308 g/mol. The van der Waals surface area contributed by atoms with Crippen molar-refractivity contribution in [2.75, 3.05) is 19.7 Å². The Balaban J connectivity index is 1.54. The van der Waals surface area contributed by atoms with Gasteiger partial charge in [-0.25, -0.2) is 0 Å². The van der Waals surface area contributed by atoms with Crippen molar-refractivity contribution in [1.82, 2.24) is 15.6 Å². The molecule has 3 rings (SSSR count). The predicted octanol–water partition coefficient (Wildman–Crippen LogP) is 1.82. The second-order valence-corrected chi connectivity index (χ2v) is 5.64. The molecule has 0 radical (unpaired) electrons. The molecule has 0 bridgehead atoms. The third kappa shape index (κ3) is 3.75. The third-order valence-corrected chi connectivity index (χ3v) is 3.77. The minimum Gasteiger partial charge on any atom is -0.375 e. The van der Waals surface area contributed by atoms with Gasteiger partial charge in [-0.1, -0.05) is 11.6 Å². The van der Waals surface area contributed by atoms with E-state index in [-0.39, 0.29) is 12.0 Å². The minimum atomic E-state index is -0.0275. The van der Waals surface area contributed by atoms with Crippen molar-refractivity contribution in [3.63, 3.8) is 0 Å². The van der Waals surface area contributed by atoms with Crippen LogP contribution in [0.25, 0.3) is 10.9 Å². The molecule has 0 spiro atoms. The van der Waals surface area contributed by atoms with Gasteiger partial charge in [0.05, 0.1) is 25.7 Å². The topological polar surface area (TPSA) is 66.2 Å². The maximum absolute atomic E-state index is 11.9. The van der Waals surface area contributed by atoms with Gasteiger partial charge in [0.2, 0.25) is 5.91 Å². The number of rotatable bonds is 4. The van der Waals surface area contributed by atoms with Crippen LogP contribution in [0.15, 0.2) is 24.3 Å². The predicted molar refractivity (Wildman–Crippen MR) is 82.4 cm³/mol. The van der Waals surface area contributed by atoms with E-state index in [0.717, 1.165) is 29.7 Å². The summed E-state index contributed by atoms with van der Waals surface area (Å²) in [7, 11) is 0. The van der Waals surface area contributed by atoms with Crippen LogP contribution in [0.3, 0.4) is 0 Å². The quantitative estimate of drug-likeness (QED) is 0.807. The highest BCUT2D eigenvalue weighted by molar-refractivity contribution is 6.31. The van der Waals surface area contributed by atoms with Crippen molar-refractivity contribution in [3.8, 4) is 0 Å². The van der Waals surface area contributed by atoms with Gasteiger partial charge >= 0.3 is 0 Å². The van der Waals surface area contributed by atoms with E-state index in [0.29, 0.717) is 24.6 Å². The number of halogens is 1. The molecule has 6 heteroatoms. The van der Waals surface area contributed by atoms with Crippen molar-refractivity contribution in [1.29, 1.82) is 0 Å². The van der Waals surface area contributed by atoms with Crippen LogP contribution >= 0.6 is 11.6 Å². The van der Waals surface area contributed by atoms with Gasteiger partial charge < -0.3 is 20.4 Å². The molecule has 1 amide bonds. The number of aromatic nitrogens is 1. The SMILES string of the molecule is O=C(C[C@@H]1CNCCO1)NCc1cc2cc(Cl)ccc2[nH]1. The number of hydrogen-bond donors (Lipinski definition) is 3. The summed E-state index contributed by atoms with van der Waals surface area (Å²) in [6, 6.07) is 7.68. The van der Waals surface area contributed by atoms with Crippen LogP contribution in [0.1, 0.15) is 12.1 Å². The fraction of sp³-hybridized carbons (Fsp3) is 0.400. The number of fused-ring (bicyclic) bond motifs is 1. The second kappa shape index (κ2) is 6.47. The number of amides is 1. The molecule has 1 atom stereocenters. The van der Waals surface area contributed by atoms with Gasteiger partial charge in [-0.15, -0.1) is 0 Å². The van der Waals surface area contributed by atoms with E-state index < -0.39 is 0 Å². The summed E-state index contributed by atoms with van der Waals surface area (Å²) in [5.41, 5.74) is 1.98. The molecule has 3 N–H and O–H groups in total. The average Bonchev–Trinajstić information content (AvgIpc) is 2.88. The van der Waals surface area contributed by atoms with Crippen LogP contribution in [0, 0.1) is 0 Å². The van der Waals surface area contributed by atoms with Crippen molar-refractivity contribution in [2.45, 2.75) is 19.1 Å². The molecule has 2 heterocycles. The molecular weight excluding hydrogens is 290 g/mol. The zero-order valence-electron chi connectivity index (χ0n) is 11.6. The zero-order chi connectivity index (χ0) is 14.7. The van der Waals surface area contributed by atoms with E-state index >= 15 is 0 Å². The summed E-state index contributed by atoms with van der Waals surface area (Å²) in [6.45, 7) is 2.74. The Morgan fingerprint density at radius 2 is 2.33 bits per heavy atom. The first-order valence-electron chi connectivity index (χ1n) is 7.07. The maximum Gasteiger partial charge on any atom is 0.222 e. The zero-order valence-corrected chi connectivity index (χ0v) is 12.4. The molecular formula is C15H18ClN3O2. The first-order chi connectivity index (χ1) is 10.2. The van der Waals surface area contributed by atoms with E-state index in [1.807, 2.05) is 24.3 Å². The molecule has 5 nitrogen and oxygen atoms in total. The van der Waals surface area contributed by atoms with Crippen molar-refractivity contribution in [2.24, 2.45) is 0 Å². The fourth-order valence-corrected chi connectivity index (χ4v) is 2.66. The van der Waals surface area contributed by atoms with Gasteiger partial charge in [-0.2, -0.15) is 0 Å². The lowest BCUT2D eigenvalue weighted by Crippen LogP contribution is -2.41. The fourth-order valence-electron chi connectivity index (χ4n) is 2.48. The number of hydrogen-bond acceptors (Lipinski definition) is 3. The molecule has 0 unspecified atom stereocenters. The van der Waals surface area contributed by atoms with Crippen molar-refractivity contribution < 1.29 is 9.53 Å². The summed E-state index contributed by atoms with van der Waals surface area (Å²) < 4.78 is 5.52. The minimum absolute atomic E-state index is 0.000360. The summed E-state index contributed by atoms with van der Waals surface area (Å²) in [4.78, 5) is 15.2. The van der Waals surface area contributed by atoms with Gasteiger partial charge in [0.15, 0.2) is 0 Å². The standard InChI is InChI=1S/C15H18ClN3O2/c16-11-1-2-14-10(5-11)6-12(19-14)8-18-15(20)7-13-9-17-3-4-21-13/h1-2,5-6,13,17,19H,3-4,7-9H2,(H,18,20)/t13-/m1/s1. The van der Waals surface area contributed by atoms with E-state index in [1.54, 1.807) is 0 Å². The van der Waals surface area contributed by atoms with E-state index in [4.69, 9.17) is 16.3 Å². The maximum atomic E-state index is 11.9. The lowest BCUT2D eigenvalue weighted by molar-refractivity contribution is -0.124. The summed E-state index contributed by atoms with van der Waals surface area (Å²) in [6.07, 6.45) is 0.360. The lowest BCUT2D eigenvalue weighted by Gasteiger charge is -2.22. The molecule has 1 fully saturated rings. The Morgan fingerprint density at radius 3 is 3.14 bits per heavy atom. The number of carbonyl (C=O) groups is 1. The molecule has 1 aromatic carbocycles. The number of carbonyl (C=O) groups excluding carboxylic acids is 1. The van der Waals surface area contributed by atoms with Crippen molar-refractivity contribution >= 4 is 28.4 Å². The Bertz CT molecular complexity index is 635. The van der Waals surface area contributed by atoms with Gasteiger partial charge in [0.25, 0.3) is 0 Å². The Hall–Kier alpha value is -1.56. The number of morpholine rings is 1. The van der Waals surface area contributed by atoms with Crippen LogP contribution in [-0.4, -0.2) is 36.7 Å². The summed E-state index contributed by atoms with van der Waals surface area (Å²) >= 11 is 5.96. The lowest BCUT2D eigenvalue weighted by atomic mass is 10.2. The molecule has 112 valence electrons. The summed E-state index contributed by atoms with van der Waals surface area (Å²) in [5, 5.41) is 7.88. The molecule has 1 aliphatic rings. The van der Waals surface area contributed by atoms with Crippen LogP contribution < -0.4 is 10.6 Å². The number of nitrogens with one attached hydrogen (secondary N) is 3. The Labute approximate surface area is 128 Å². The molecule has 1 aromatic heterocycles. The Kier molecular flexibility index (Phi) is 4.43. The van der Waals surface area contributed by atoms with Crippen LogP contribution in [0.2, 0.25) is 5.02 Å². The summed E-state index contributed by atoms with van der Waals surface area (Å²) in [5.74, 6) is 0.000360. The number of ether oxygens (including phenoxy) is 1. The van der Waals surface area contributed by atoms with E-state index in [2.05, 4.69) is 15.6 Å². The van der Waals surface area contributed by atoms with E-state index in [9.17, 15) is 4.79 Å². The highest BCUT2D eigenvalue weighted by atomic mass is 35.5. The molecule has 0 saturated carbocycles. The first kappa shape index (κ1) is 14.4.